The van der Waals surface area contributed by atoms with Gasteiger partial charge in [-0.3, -0.25) is 9.80 Å². The SMILES string of the molecule is Cc1cc2c(cc1C)N(c1cnc(C(C)(C)C)nc1)/C(=C1\Sc3cc(C)c(C)cc3N1c1cnc(C(C)(C)C)nc1)S2. The molecule has 0 saturated heterocycles. The van der Waals surface area contributed by atoms with Gasteiger partial charge in [-0.15, -0.1) is 0 Å². The summed E-state index contributed by atoms with van der Waals surface area (Å²) in [5.74, 6) is 1.66. The van der Waals surface area contributed by atoms with E-state index in [1.54, 1.807) is 23.5 Å². The second-order valence-corrected chi connectivity index (χ2v) is 15.4. The molecule has 2 aliphatic rings. The maximum Gasteiger partial charge on any atom is 0.133 e. The van der Waals surface area contributed by atoms with Crippen LogP contribution in [0.2, 0.25) is 0 Å². The molecule has 42 heavy (non-hydrogen) atoms. The average molecular weight is 595 g/mol. The molecule has 6 rings (SSSR count). The second-order valence-electron chi connectivity index (χ2n) is 13.3. The van der Waals surface area contributed by atoms with E-state index in [1.807, 2.05) is 24.8 Å². The minimum atomic E-state index is -0.125. The minimum absolute atomic E-state index is 0.125. The summed E-state index contributed by atoms with van der Waals surface area (Å²) in [6.07, 6.45) is 7.86. The Balaban J connectivity index is 1.57. The number of benzene rings is 2. The van der Waals surface area contributed by atoms with Crippen molar-refractivity contribution in [1.82, 2.24) is 19.9 Å². The number of aromatic nitrogens is 4. The summed E-state index contributed by atoms with van der Waals surface area (Å²) >= 11 is 3.60. The smallest absolute Gasteiger partial charge is 0.133 e. The van der Waals surface area contributed by atoms with E-state index in [2.05, 4.69) is 103 Å². The van der Waals surface area contributed by atoms with E-state index in [0.717, 1.165) is 44.5 Å². The predicted octanol–water partition coefficient (Wildman–Crippen LogP) is 9.41. The van der Waals surface area contributed by atoms with Gasteiger partial charge in [0.15, 0.2) is 0 Å². The Bertz CT molecular complexity index is 1600. The fourth-order valence-electron chi connectivity index (χ4n) is 5.02. The quantitative estimate of drug-likeness (QED) is 0.227. The topological polar surface area (TPSA) is 58.0 Å². The lowest BCUT2D eigenvalue weighted by molar-refractivity contribution is 0.545. The van der Waals surface area contributed by atoms with Gasteiger partial charge in [-0.05, 0) is 74.2 Å². The lowest BCUT2D eigenvalue weighted by atomic mass is 9.96. The van der Waals surface area contributed by atoms with Crippen molar-refractivity contribution in [2.24, 2.45) is 0 Å². The van der Waals surface area contributed by atoms with E-state index >= 15 is 0 Å². The molecule has 6 nitrogen and oxygen atoms in total. The maximum absolute atomic E-state index is 4.82. The fourth-order valence-corrected chi connectivity index (χ4v) is 7.61. The van der Waals surface area contributed by atoms with Crippen LogP contribution in [0.1, 0.15) is 75.4 Å². The monoisotopic (exact) mass is 594 g/mol. The van der Waals surface area contributed by atoms with Gasteiger partial charge >= 0.3 is 0 Å². The lowest BCUT2D eigenvalue weighted by Gasteiger charge is -2.27. The van der Waals surface area contributed by atoms with Crippen molar-refractivity contribution in [3.63, 3.8) is 0 Å². The zero-order valence-electron chi connectivity index (χ0n) is 26.1. The van der Waals surface area contributed by atoms with E-state index in [9.17, 15) is 0 Å². The highest BCUT2D eigenvalue weighted by Gasteiger charge is 2.38. The van der Waals surface area contributed by atoms with Gasteiger partial charge in [0.1, 0.15) is 21.7 Å². The summed E-state index contributed by atoms with van der Waals surface area (Å²) in [6, 6.07) is 9.17. The number of nitrogens with zero attached hydrogens (tertiary/aromatic N) is 6. The van der Waals surface area contributed by atoms with E-state index in [4.69, 9.17) is 19.9 Å². The molecular weight excluding hydrogens is 557 g/mol. The molecule has 2 aromatic carbocycles. The van der Waals surface area contributed by atoms with E-state index in [0.29, 0.717) is 0 Å². The van der Waals surface area contributed by atoms with Gasteiger partial charge in [-0.2, -0.15) is 0 Å². The van der Waals surface area contributed by atoms with Gasteiger partial charge < -0.3 is 0 Å². The molecule has 2 aliphatic heterocycles. The first-order chi connectivity index (χ1) is 19.7. The summed E-state index contributed by atoms with van der Waals surface area (Å²) in [4.78, 5) is 26.4. The second kappa shape index (κ2) is 10.1. The first-order valence-corrected chi connectivity index (χ1v) is 15.9. The van der Waals surface area contributed by atoms with Crippen molar-refractivity contribution in [3.8, 4) is 0 Å². The Morgan fingerprint density at radius 3 is 1.12 bits per heavy atom. The van der Waals surface area contributed by atoms with Crippen molar-refractivity contribution < 1.29 is 0 Å². The lowest BCUT2D eigenvalue weighted by Crippen LogP contribution is -2.21. The Morgan fingerprint density at radius 2 is 0.810 bits per heavy atom. The highest BCUT2D eigenvalue weighted by atomic mass is 32.2. The Morgan fingerprint density at radius 1 is 0.500 bits per heavy atom. The van der Waals surface area contributed by atoms with Crippen LogP contribution < -0.4 is 9.80 Å². The molecule has 216 valence electrons. The van der Waals surface area contributed by atoms with Gasteiger partial charge in [0.25, 0.3) is 0 Å². The van der Waals surface area contributed by atoms with Crippen LogP contribution in [0.25, 0.3) is 0 Å². The summed E-state index contributed by atoms with van der Waals surface area (Å²) in [7, 11) is 0. The number of aryl methyl sites for hydroxylation is 4. The molecule has 0 atom stereocenters. The van der Waals surface area contributed by atoms with Crippen LogP contribution in [0.4, 0.5) is 22.7 Å². The Kier molecular flexibility index (Phi) is 6.93. The van der Waals surface area contributed by atoms with Crippen LogP contribution in [0.15, 0.2) is 68.9 Å². The highest BCUT2D eigenvalue weighted by molar-refractivity contribution is 8.07. The number of thioether (sulfide) groups is 2. The molecule has 0 saturated carbocycles. The molecule has 0 bridgehead atoms. The normalized spacial score (nSPS) is 16.7. The molecule has 0 spiro atoms. The minimum Gasteiger partial charge on any atom is -0.298 e. The van der Waals surface area contributed by atoms with Gasteiger partial charge in [-0.25, -0.2) is 19.9 Å². The summed E-state index contributed by atoms with van der Waals surface area (Å²) in [5, 5.41) is 2.25. The van der Waals surface area contributed by atoms with Gasteiger partial charge in [0, 0.05) is 20.6 Å². The fraction of sp³-hybridized carbons (Fsp3) is 0.353. The van der Waals surface area contributed by atoms with Crippen LogP contribution in [-0.2, 0) is 10.8 Å². The zero-order valence-corrected chi connectivity index (χ0v) is 27.8. The van der Waals surface area contributed by atoms with Gasteiger partial charge in [0.05, 0.1) is 47.5 Å². The highest BCUT2D eigenvalue weighted by Crippen LogP contribution is 2.59. The number of fused-ring (bicyclic) bond motifs is 2. The third kappa shape index (κ3) is 4.98. The van der Waals surface area contributed by atoms with Crippen molar-refractivity contribution in [2.75, 3.05) is 9.80 Å². The largest absolute Gasteiger partial charge is 0.298 e. The third-order valence-corrected chi connectivity index (χ3v) is 10.1. The standard InChI is InChI=1S/C34H38N6S2/c1-19-11-25-27(13-21(19)3)41-29(39(25)23-15-35-31(36-16-23)33(5,6)7)30-40(24-17-37-32(38-18-24)34(8,9)10)26-12-20(2)22(4)14-28(26)42-30/h11-18H,1-10H3/b30-29+. The van der Waals surface area contributed by atoms with Crippen LogP contribution in [0.3, 0.4) is 0 Å². The molecule has 8 heteroatoms. The van der Waals surface area contributed by atoms with Gasteiger partial charge in [-0.1, -0.05) is 65.1 Å². The van der Waals surface area contributed by atoms with Crippen molar-refractivity contribution in [2.45, 2.75) is 89.9 Å². The molecular formula is C34H38N6S2. The molecule has 2 aromatic heterocycles. The maximum atomic E-state index is 4.82. The molecule has 0 amide bonds. The van der Waals surface area contributed by atoms with Gasteiger partial charge in [0.2, 0.25) is 0 Å². The predicted molar refractivity (Wildman–Crippen MR) is 176 cm³/mol. The van der Waals surface area contributed by atoms with Crippen LogP contribution >= 0.6 is 23.5 Å². The molecule has 0 unspecified atom stereocenters. The number of rotatable bonds is 2. The molecule has 0 aliphatic carbocycles. The first-order valence-electron chi connectivity index (χ1n) is 14.3. The first kappa shape index (κ1) is 28.7. The molecule has 4 aromatic rings. The summed E-state index contributed by atoms with van der Waals surface area (Å²) in [5.41, 5.74) is 9.03. The van der Waals surface area contributed by atoms with E-state index in [-0.39, 0.29) is 10.8 Å². The molecule has 0 N–H and O–H groups in total. The number of hydrogen-bond donors (Lipinski definition) is 0. The van der Waals surface area contributed by atoms with Crippen LogP contribution in [0, 0.1) is 27.7 Å². The average Bonchev–Trinajstić information content (AvgIpc) is 3.46. The zero-order chi connectivity index (χ0) is 30.1. The third-order valence-electron chi connectivity index (χ3n) is 7.77. The Labute approximate surface area is 258 Å². The van der Waals surface area contributed by atoms with Crippen molar-refractivity contribution in [3.05, 3.63) is 93.0 Å². The molecule has 0 fully saturated rings. The van der Waals surface area contributed by atoms with Crippen LogP contribution in [-0.4, -0.2) is 19.9 Å². The number of hydrogen-bond acceptors (Lipinski definition) is 8. The van der Waals surface area contributed by atoms with Crippen LogP contribution in [0.5, 0.6) is 0 Å². The van der Waals surface area contributed by atoms with Crippen molar-refractivity contribution in [1.29, 1.82) is 0 Å². The molecule has 0 radical (unpaired) electrons. The summed E-state index contributed by atoms with van der Waals surface area (Å²) < 4.78 is 0. The number of anilines is 4. The van der Waals surface area contributed by atoms with E-state index in [1.165, 1.54) is 32.0 Å². The summed E-state index contributed by atoms with van der Waals surface area (Å²) in [6.45, 7) is 21.6. The van der Waals surface area contributed by atoms with E-state index < -0.39 is 0 Å². The Hall–Kier alpha value is -3.36. The molecule has 4 heterocycles. The van der Waals surface area contributed by atoms with Crippen molar-refractivity contribution >= 4 is 46.3 Å².